The Balaban J connectivity index is 1.87. The summed E-state index contributed by atoms with van der Waals surface area (Å²) in [6.45, 7) is 2.33. The number of amides is 1. The summed E-state index contributed by atoms with van der Waals surface area (Å²) in [5.41, 5.74) is 1.90. The molecule has 1 atom stereocenters. The number of nitrogens with one attached hydrogen (secondary N) is 2. The number of benzene rings is 1. The zero-order valence-corrected chi connectivity index (χ0v) is 20.0. The van der Waals surface area contributed by atoms with Crippen LogP contribution in [0.5, 0.6) is 0 Å². The molecule has 0 unspecified atom stereocenters. The molecule has 1 amide bonds. The number of sulfonamides is 1. The molecular formula is C23H24F4N4O3S. The summed E-state index contributed by atoms with van der Waals surface area (Å²) in [4.78, 5) is 16.7. The maximum absolute atomic E-state index is 14.5. The van der Waals surface area contributed by atoms with E-state index in [0.29, 0.717) is 29.1 Å². The van der Waals surface area contributed by atoms with Crippen molar-refractivity contribution < 1.29 is 30.8 Å². The molecule has 1 aromatic carbocycles. The first-order valence-corrected chi connectivity index (χ1v) is 12.4. The topological polar surface area (TPSA) is 93.1 Å². The van der Waals surface area contributed by atoms with Gasteiger partial charge in [0.25, 0.3) is 5.91 Å². The number of rotatable bonds is 6. The van der Waals surface area contributed by atoms with Crippen LogP contribution in [0.1, 0.15) is 48.1 Å². The molecule has 1 saturated carbocycles. The highest BCUT2D eigenvalue weighted by Gasteiger charge is 2.39. The first-order chi connectivity index (χ1) is 16.3. The number of fused-ring (bicyclic) bond motifs is 1. The lowest BCUT2D eigenvalue weighted by molar-refractivity contribution is -0.147. The number of carbonyl (C=O) groups is 1. The molecular weight excluding hydrogens is 488 g/mol. The van der Waals surface area contributed by atoms with Crippen molar-refractivity contribution in [1.82, 2.24) is 19.6 Å². The molecule has 4 rings (SSSR count). The molecule has 188 valence electrons. The van der Waals surface area contributed by atoms with E-state index in [1.165, 1.54) is 19.2 Å². The van der Waals surface area contributed by atoms with E-state index in [0.717, 1.165) is 31.5 Å². The van der Waals surface area contributed by atoms with Gasteiger partial charge in [-0.2, -0.15) is 17.9 Å². The standard InChI is InChI=1S/C23H24F4N4O3S/c1-12-9-19-16(10-17(12)24)20(22(32)28-3)21(31(19)14-5-4-6-14)18-8-7-15(11-29-18)35(33,34)30-13(2)23(25,26)27/h7-11,13-14,30H,4-6H2,1-3H3,(H,28,32)/t13-/m0/s1. The Morgan fingerprint density at radius 2 is 1.91 bits per heavy atom. The third kappa shape index (κ3) is 4.52. The second kappa shape index (κ2) is 8.90. The van der Waals surface area contributed by atoms with Gasteiger partial charge in [-0.15, -0.1) is 0 Å². The van der Waals surface area contributed by atoms with E-state index < -0.39 is 38.9 Å². The number of halogens is 4. The fourth-order valence-electron chi connectivity index (χ4n) is 4.11. The molecule has 12 heteroatoms. The Morgan fingerprint density at radius 3 is 2.43 bits per heavy atom. The van der Waals surface area contributed by atoms with Gasteiger partial charge in [0, 0.05) is 24.7 Å². The number of carbonyl (C=O) groups excluding carboxylic acids is 1. The van der Waals surface area contributed by atoms with E-state index in [-0.39, 0.29) is 17.3 Å². The van der Waals surface area contributed by atoms with Crippen LogP contribution in [0.25, 0.3) is 22.3 Å². The molecule has 0 aliphatic heterocycles. The highest BCUT2D eigenvalue weighted by molar-refractivity contribution is 7.89. The Kier molecular flexibility index (Phi) is 6.39. The second-order valence-electron chi connectivity index (χ2n) is 8.64. The molecule has 2 N–H and O–H groups in total. The van der Waals surface area contributed by atoms with Crippen molar-refractivity contribution in [2.75, 3.05) is 7.05 Å². The number of hydrogen-bond acceptors (Lipinski definition) is 4. The van der Waals surface area contributed by atoms with Crippen molar-refractivity contribution >= 4 is 26.8 Å². The monoisotopic (exact) mass is 512 g/mol. The summed E-state index contributed by atoms with van der Waals surface area (Å²) in [7, 11) is -3.05. The maximum Gasteiger partial charge on any atom is 0.404 e. The molecule has 7 nitrogen and oxygen atoms in total. The normalized spacial score (nSPS) is 15.7. The van der Waals surface area contributed by atoms with Gasteiger partial charge in [0.15, 0.2) is 0 Å². The number of aromatic nitrogens is 2. The van der Waals surface area contributed by atoms with E-state index >= 15 is 0 Å². The van der Waals surface area contributed by atoms with Gasteiger partial charge >= 0.3 is 6.18 Å². The molecule has 3 aromatic rings. The zero-order chi connectivity index (χ0) is 25.7. The van der Waals surface area contributed by atoms with Crippen LogP contribution >= 0.6 is 0 Å². The predicted molar refractivity (Wildman–Crippen MR) is 122 cm³/mol. The van der Waals surface area contributed by atoms with Crippen molar-refractivity contribution in [2.24, 2.45) is 0 Å². The van der Waals surface area contributed by atoms with Gasteiger partial charge in [0.2, 0.25) is 10.0 Å². The van der Waals surface area contributed by atoms with Gasteiger partial charge in [0.05, 0.1) is 22.5 Å². The number of alkyl halides is 3. The largest absolute Gasteiger partial charge is 0.404 e. The SMILES string of the molecule is CNC(=O)c1c(-c2ccc(S(=O)(=O)N[C@@H](C)C(F)(F)F)cn2)n(C2CCC2)c2cc(C)c(F)cc12. The molecule has 0 radical (unpaired) electrons. The van der Waals surface area contributed by atoms with E-state index in [1.807, 2.05) is 4.57 Å². The van der Waals surface area contributed by atoms with E-state index in [1.54, 1.807) is 17.7 Å². The fraction of sp³-hybridized carbons (Fsp3) is 0.391. The van der Waals surface area contributed by atoms with E-state index in [4.69, 9.17) is 0 Å². The van der Waals surface area contributed by atoms with Crippen molar-refractivity contribution in [1.29, 1.82) is 0 Å². The minimum Gasteiger partial charge on any atom is -0.355 e. The first-order valence-electron chi connectivity index (χ1n) is 11.0. The van der Waals surface area contributed by atoms with Crippen molar-refractivity contribution in [3.05, 3.63) is 47.4 Å². The average Bonchev–Trinajstić information content (AvgIpc) is 3.05. The van der Waals surface area contributed by atoms with Crippen molar-refractivity contribution in [3.63, 3.8) is 0 Å². The van der Waals surface area contributed by atoms with Gasteiger partial charge in [0.1, 0.15) is 16.8 Å². The quantitative estimate of drug-likeness (QED) is 0.477. The Hall–Kier alpha value is -2.99. The van der Waals surface area contributed by atoms with Gasteiger partial charge in [-0.25, -0.2) is 12.8 Å². The molecule has 2 aromatic heterocycles. The van der Waals surface area contributed by atoms with Gasteiger partial charge in [-0.05, 0) is 62.9 Å². The highest BCUT2D eigenvalue weighted by Crippen LogP contribution is 2.43. The smallest absolute Gasteiger partial charge is 0.355 e. The molecule has 1 aliphatic rings. The summed E-state index contributed by atoms with van der Waals surface area (Å²) in [6, 6.07) is 3.19. The lowest BCUT2D eigenvalue weighted by atomic mass is 9.92. The summed E-state index contributed by atoms with van der Waals surface area (Å²) >= 11 is 0. The third-order valence-corrected chi connectivity index (χ3v) is 7.82. The molecule has 0 bridgehead atoms. The average molecular weight is 513 g/mol. The predicted octanol–water partition coefficient (Wildman–Crippen LogP) is 4.46. The zero-order valence-electron chi connectivity index (χ0n) is 19.2. The molecule has 0 spiro atoms. The minimum atomic E-state index is -4.75. The van der Waals surface area contributed by atoms with Crippen LogP contribution in [0.15, 0.2) is 35.4 Å². The number of nitrogens with zero attached hydrogens (tertiary/aromatic N) is 2. The highest BCUT2D eigenvalue weighted by atomic mass is 32.2. The maximum atomic E-state index is 14.5. The van der Waals surface area contributed by atoms with E-state index in [2.05, 4.69) is 10.3 Å². The van der Waals surface area contributed by atoms with Crippen LogP contribution in [0.4, 0.5) is 17.6 Å². The van der Waals surface area contributed by atoms with E-state index in [9.17, 15) is 30.8 Å². The lowest BCUT2D eigenvalue weighted by Crippen LogP contribution is -2.42. The summed E-state index contributed by atoms with van der Waals surface area (Å²) in [6.07, 6.45) is -1.14. The summed E-state index contributed by atoms with van der Waals surface area (Å²) in [5.74, 6) is -0.940. The lowest BCUT2D eigenvalue weighted by Gasteiger charge is -2.30. The Labute approximate surface area is 199 Å². The second-order valence-corrected chi connectivity index (χ2v) is 10.4. The third-order valence-electron chi connectivity index (χ3n) is 6.29. The first kappa shape index (κ1) is 25.1. The van der Waals surface area contributed by atoms with Crippen LogP contribution < -0.4 is 10.0 Å². The Morgan fingerprint density at radius 1 is 1.23 bits per heavy atom. The fourth-order valence-corrected chi connectivity index (χ4v) is 5.29. The molecule has 1 fully saturated rings. The Bertz CT molecular complexity index is 1400. The number of aryl methyl sites for hydroxylation is 1. The van der Waals surface area contributed by atoms with Gasteiger partial charge in [-0.1, -0.05) is 0 Å². The van der Waals surface area contributed by atoms with Crippen LogP contribution in [-0.4, -0.2) is 43.1 Å². The van der Waals surface area contributed by atoms with Gasteiger partial charge in [-0.3, -0.25) is 9.78 Å². The van der Waals surface area contributed by atoms with Crippen LogP contribution in [0.2, 0.25) is 0 Å². The van der Waals surface area contributed by atoms with Crippen LogP contribution in [0, 0.1) is 12.7 Å². The van der Waals surface area contributed by atoms with Crippen LogP contribution in [-0.2, 0) is 10.0 Å². The molecule has 2 heterocycles. The molecule has 0 saturated heterocycles. The van der Waals surface area contributed by atoms with Crippen LogP contribution in [0.3, 0.4) is 0 Å². The summed E-state index contributed by atoms with van der Waals surface area (Å²) in [5, 5.41) is 2.96. The molecule has 35 heavy (non-hydrogen) atoms. The number of pyridine rings is 1. The van der Waals surface area contributed by atoms with Crippen molar-refractivity contribution in [2.45, 2.75) is 56.3 Å². The molecule has 1 aliphatic carbocycles. The van der Waals surface area contributed by atoms with Crippen molar-refractivity contribution in [3.8, 4) is 11.4 Å². The van der Waals surface area contributed by atoms with Gasteiger partial charge < -0.3 is 9.88 Å². The number of hydrogen-bond donors (Lipinski definition) is 2. The summed E-state index contributed by atoms with van der Waals surface area (Å²) < 4.78 is 81.4. The minimum absolute atomic E-state index is 0.0373.